The minimum atomic E-state index is -0.192. The van der Waals surface area contributed by atoms with Gasteiger partial charge in [0.1, 0.15) is 0 Å². The fourth-order valence-corrected chi connectivity index (χ4v) is 3.20. The number of rotatable bonds is 8. The highest BCUT2D eigenvalue weighted by Crippen LogP contribution is 2.24. The van der Waals surface area contributed by atoms with Crippen LogP contribution in [0.1, 0.15) is 44.7 Å². The third kappa shape index (κ3) is 8.47. The zero-order chi connectivity index (χ0) is 18.8. The molecular weight excluding hydrogens is 455 g/mol. The molecule has 27 heavy (non-hydrogen) atoms. The summed E-state index contributed by atoms with van der Waals surface area (Å²) in [6.07, 6.45) is 2.77. The topological polar surface area (TPSA) is 66.0 Å². The summed E-state index contributed by atoms with van der Waals surface area (Å²) in [6.45, 7) is 7.26. The van der Waals surface area contributed by atoms with Crippen molar-refractivity contribution in [2.45, 2.75) is 45.3 Å². The minimum Gasteiger partial charge on any atom is -0.463 e. The van der Waals surface area contributed by atoms with E-state index in [1.54, 1.807) is 7.05 Å². The average Bonchev–Trinajstić information content (AvgIpc) is 3.15. The van der Waals surface area contributed by atoms with Crippen LogP contribution in [0.2, 0.25) is 0 Å². The second-order valence-electron chi connectivity index (χ2n) is 6.84. The molecule has 1 saturated heterocycles. The number of carbonyl (C=O) groups excluding carboxylic acids is 1. The van der Waals surface area contributed by atoms with Gasteiger partial charge in [-0.1, -0.05) is 30.3 Å². The van der Waals surface area contributed by atoms with E-state index in [0.717, 1.165) is 19.6 Å². The molecular formula is C20H33IN4O2. The molecule has 1 aliphatic rings. The highest BCUT2D eigenvalue weighted by molar-refractivity contribution is 14.0. The predicted octanol–water partition coefficient (Wildman–Crippen LogP) is 2.95. The number of nitrogens with one attached hydrogen (secondary N) is 2. The van der Waals surface area contributed by atoms with Crippen molar-refractivity contribution in [1.29, 1.82) is 0 Å². The Kier molecular flexibility index (Phi) is 11.3. The summed E-state index contributed by atoms with van der Waals surface area (Å²) >= 11 is 0. The van der Waals surface area contributed by atoms with Crippen molar-refractivity contribution in [3.05, 3.63) is 35.9 Å². The minimum absolute atomic E-state index is 0. The first-order chi connectivity index (χ1) is 12.6. The van der Waals surface area contributed by atoms with Crippen molar-refractivity contribution in [3.63, 3.8) is 0 Å². The van der Waals surface area contributed by atoms with Crippen LogP contribution in [0.15, 0.2) is 35.3 Å². The highest BCUT2D eigenvalue weighted by atomic mass is 127. The van der Waals surface area contributed by atoms with Gasteiger partial charge in [-0.2, -0.15) is 0 Å². The van der Waals surface area contributed by atoms with Crippen LogP contribution in [0.4, 0.5) is 0 Å². The summed E-state index contributed by atoms with van der Waals surface area (Å²) in [6, 6.07) is 10.9. The van der Waals surface area contributed by atoms with Crippen molar-refractivity contribution in [2.75, 3.05) is 33.2 Å². The summed E-state index contributed by atoms with van der Waals surface area (Å²) in [5.41, 5.74) is 1.32. The molecule has 1 aromatic rings. The zero-order valence-corrected chi connectivity index (χ0v) is 18.9. The van der Waals surface area contributed by atoms with E-state index in [1.807, 2.05) is 13.8 Å². The third-order valence-corrected chi connectivity index (χ3v) is 4.44. The lowest BCUT2D eigenvalue weighted by Crippen LogP contribution is -2.43. The summed E-state index contributed by atoms with van der Waals surface area (Å²) in [5, 5.41) is 6.60. The van der Waals surface area contributed by atoms with Crippen LogP contribution in [-0.4, -0.2) is 56.2 Å². The molecule has 2 rings (SSSR count). The molecule has 1 aliphatic heterocycles. The Morgan fingerprint density at radius 3 is 2.44 bits per heavy atom. The Morgan fingerprint density at radius 1 is 1.19 bits per heavy atom. The number of hydrogen-bond donors (Lipinski definition) is 2. The van der Waals surface area contributed by atoms with Crippen molar-refractivity contribution in [2.24, 2.45) is 4.99 Å². The summed E-state index contributed by atoms with van der Waals surface area (Å²) in [5.74, 6) is 0.518. The van der Waals surface area contributed by atoms with E-state index in [2.05, 4.69) is 50.9 Å². The smallest absolute Gasteiger partial charge is 0.307 e. The Labute approximate surface area is 180 Å². The number of guanidine groups is 1. The largest absolute Gasteiger partial charge is 0.463 e. The molecule has 0 amide bonds. The van der Waals surface area contributed by atoms with Gasteiger partial charge in [-0.15, -0.1) is 24.0 Å². The Bertz CT molecular complexity index is 575. The van der Waals surface area contributed by atoms with Crippen LogP contribution in [0.3, 0.4) is 0 Å². The van der Waals surface area contributed by atoms with Gasteiger partial charge in [0, 0.05) is 20.1 Å². The van der Waals surface area contributed by atoms with E-state index < -0.39 is 0 Å². The average molecular weight is 488 g/mol. The molecule has 7 heteroatoms. The fraction of sp³-hybridized carbons (Fsp3) is 0.600. The normalized spacial score (nSPS) is 15.9. The predicted molar refractivity (Wildman–Crippen MR) is 121 cm³/mol. The van der Waals surface area contributed by atoms with Gasteiger partial charge in [-0.05, 0) is 45.3 Å². The molecule has 1 aromatic carbocycles. The van der Waals surface area contributed by atoms with Crippen LogP contribution in [0, 0.1) is 0 Å². The van der Waals surface area contributed by atoms with Gasteiger partial charge in [-0.25, -0.2) is 0 Å². The molecule has 0 radical (unpaired) electrons. The fourth-order valence-electron chi connectivity index (χ4n) is 3.20. The number of nitrogens with zero attached hydrogens (tertiary/aromatic N) is 2. The number of aliphatic imine (C=N–C) groups is 1. The number of esters is 1. The number of halogens is 1. The summed E-state index contributed by atoms with van der Waals surface area (Å²) in [7, 11) is 1.75. The molecule has 0 aromatic heterocycles. The molecule has 1 unspecified atom stereocenters. The first kappa shape index (κ1) is 23.7. The highest BCUT2D eigenvalue weighted by Gasteiger charge is 2.23. The van der Waals surface area contributed by atoms with Crippen LogP contribution in [0.5, 0.6) is 0 Å². The van der Waals surface area contributed by atoms with E-state index in [1.165, 1.54) is 18.4 Å². The molecule has 1 fully saturated rings. The lowest BCUT2D eigenvalue weighted by atomic mass is 10.1. The standard InChI is InChI=1S/C20H32N4O2.HI/c1-16(2)26-19(25)11-12-22-20(21-3)23-15-18(24-13-7-8-14-24)17-9-5-4-6-10-17;/h4-6,9-10,16,18H,7-8,11-15H2,1-3H3,(H2,21,22,23);1H. The maximum Gasteiger partial charge on any atom is 0.307 e. The quantitative estimate of drug-likeness (QED) is 0.255. The van der Waals surface area contributed by atoms with E-state index in [0.29, 0.717) is 25.0 Å². The lowest BCUT2D eigenvalue weighted by molar-refractivity contribution is -0.147. The van der Waals surface area contributed by atoms with Gasteiger partial charge < -0.3 is 15.4 Å². The van der Waals surface area contributed by atoms with Crippen LogP contribution < -0.4 is 10.6 Å². The summed E-state index contributed by atoms with van der Waals surface area (Å²) < 4.78 is 5.14. The van der Waals surface area contributed by atoms with Gasteiger partial charge in [0.25, 0.3) is 0 Å². The van der Waals surface area contributed by atoms with Gasteiger partial charge in [0.15, 0.2) is 5.96 Å². The van der Waals surface area contributed by atoms with Gasteiger partial charge >= 0.3 is 5.97 Å². The van der Waals surface area contributed by atoms with Crippen molar-refractivity contribution >= 4 is 35.9 Å². The molecule has 0 aliphatic carbocycles. The first-order valence-corrected chi connectivity index (χ1v) is 9.53. The zero-order valence-electron chi connectivity index (χ0n) is 16.6. The molecule has 6 nitrogen and oxygen atoms in total. The Hall–Kier alpha value is -1.35. The molecule has 2 N–H and O–H groups in total. The maximum absolute atomic E-state index is 11.6. The Morgan fingerprint density at radius 2 is 1.85 bits per heavy atom. The number of carbonyl (C=O) groups is 1. The van der Waals surface area contributed by atoms with Crippen molar-refractivity contribution < 1.29 is 9.53 Å². The van der Waals surface area contributed by atoms with Crippen LogP contribution in [0.25, 0.3) is 0 Å². The molecule has 1 heterocycles. The lowest BCUT2D eigenvalue weighted by Gasteiger charge is -2.29. The Balaban J connectivity index is 0.00000364. The second-order valence-corrected chi connectivity index (χ2v) is 6.84. The monoisotopic (exact) mass is 488 g/mol. The number of benzene rings is 1. The summed E-state index contributed by atoms with van der Waals surface area (Å²) in [4.78, 5) is 18.4. The van der Waals surface area contributed by atoms with E-state index in [9.17, 15) is 4.79 Å². The van der Waals surface area contributed by atoms with Crippen molar-refractivity contribution in [1.82, 2.24) is 15.5 Å². The molecule has 1 atom stereocenters. The maximum atomic E-state index is 11.6. The third-order valence-electron chi connectivity index (χ3n) is 4.44. The number of ether oxygens (including phenoxy) is 1. The van der Waals surface area contributed by atoms with Gasteiger partial charge in [0.2, 0.25) is 0 Å². The SMILES string of the molecule is CN=C(NCCC(=O)OC(C)C)NCC(c1ccccc1)N1CCCC1.I. The van der Waals surface area contributed by atoms with Crippen LogP contribution >= 0.6 is 24.0 Å². The van der Waals surface area contributed by atoms with E-state index >= 15 is 0 Å². The van der Waals surface area contributed by atoms with Crippen LogP contribution in [-0.2, 0) is 9.53 Å². The number of hydrogen-bond acceptors (Lipinski definition) is 4. The van der Waals surface area contributed by atoms with Crippen molar-refractivity contribution in [3.8, 4) is 0 Å². The molecule has 0 spiro atoms. The molecule has 0 saturated carbocycles. The van der Waals surface area contributed by atoms with E-state index in [4.69, 9.17) is 4.74 Å². The molecule has 0 bridgehead atoms. The van der Waals surface area contributed by atoms with E-state index in [-0.39, 0.29) is 36.0 Å². The number of likely N-dealkylation sites (tertiary alicyclic amines) is 1. The second kappa shape index (κ2) is 12.9. The van der Waals surface area contributed by atoms with Gasteiger partial charge in [0.05, 0.1) is 18.6 Å². The first-order valence-electron chi connectivity index (χ1n) is 9.53. The van der Waals surface area contributed by atoms with Gasteiger partial charge in [-0.3, -0.25) is 14.7 Å². The molecule has 152 valence electrons.